The number of hydrogen-bond donors (Lipinski definition) is 1. The molecular formula is C15H23ClN2O4S. The highest BCUT2D eigenvalue weighted by Gasteiger charge is 2.22. The Hall–Kier alpha value is -1.31. The number of sulfonamides is 1. The summed E-state index contributed by atoms with van der Waals surface area (Å²) in [5.74, 6) is -0.0000226. The van der Waals surface area contributed by atoms with Gasteiger partial charge in [0.1, 0.15) is 5.75 Å². The van der Waals surface area contributed by atoms with Gasteiger partial charge in [-0.1, -0.05) is 25.4 Å². The third-order valence-electron chi connectivity index (χ3n) is 3.05. The summed E-state index contributed by atoms with van der Waals surface area (Å²) >= 11 is 6.08. The Morgan fingerprint density at radius 1 is 1.30 bits per heavy atom. The molecule has 6 nitrogen and oxygen atoms in total. The van der Waals surface area contributed by atoms with Gasteiger partial charge in [0.25, 0.3) is 5.91 Å². The number of hydrogen-bond acceptors (Lipinski definition) is 4. The zero-order chi connectivity index (χ0) is 17.6. The van der Waals surface area contributed by atoms with Gasteiger partial charge in [0.2, 0.25) is 10.0 Å². The molecule has 1 rings (SSSR count). The van der Waals surface area contributed by atoms with Crippen LogP contribution in [0.3, 0.4) is 0 Å². The van der Waals surface area contributed by atoms with Gasteiger partial charge in [-0.3, -0.25) is 4.79 Å². The lowest BCUT2D eigenvalue weighted by molar-refractivity contribution is -0.123. The highest BCUT2D eigenvalue weighted by molar-refractivity contribution is 7.89. The van der Waals surface area contributed by atoms with Crippen LogP contribution in [0.5, 0.6) is 5.75 Å². The van der Waals surface area contributed by atoms with Crippen LogP contribution in [-0.2, 0) is 14.8 Å². The van der Waals surface area contributed by atoms with Gasteiger partial charge in [0.15, 0.2) is 6.61 Å². The summed E-state index contributed by atoms with van der Waals surface area (Å²) in [6.45, 7) is 7.81. The van der Waals surface area contributed by atoms with Crippen LogP contribution in [-0.4, -0.2) is 44.4 Å². The first-order valence-corrected chi connectivity index (χ1v) is 9.26. The molecule has 1 aromatic carbocycles. The van der Waals surface area contributed by atoms with Crippen LogP contribution < -0.4 is 10.1 Å². The number of rotatable bonds is 8. The Morgan fingerprint density at radius 3 is 2.39 bits per heavy atom. The van der Waals surface area contributed by atoms with E-state index in [0.29, 0.717) is 13.1 Å². The Bertz CT molecular complexity index is 643. The number of benzene rings is 1. The number of nitrogens with zero attached hydrogens (tertiary/aromatic N) is 1. The molecule has 1 aromatic rings. The third-order valence-corrected chi connectivity index (χ3v) is 5.40. The van der Waals surface area contributed by atoms with E-state index in [9.17, 15) is 13.2 Å². The van der Waals surface area contributed by atoms with Crippen molar-refractivity contribution in [1.82, 2.24) is 9.62 Å². The number of carbonyl (C=O) groups is 1. The quantitative estimate of drug-likeness (QED) is 0.769. The largest absolute Gasteiger partial charge is 0.482 e. The monoisotopic (exact) mass is 362 g/mol. The van der Waals surface area contributed by atoms with Gasteiger partial charge in [0.05, 0.1) is 9.92 Å². The fraction of sp³-hybridized carbons (Fsp3) is 0.533. The van der Waals surface area contributed by atoms with Crippen molar-refractivity contribution in [3.05, 3.63) is 23.2 Å². The van der Waals surface area contributed by atoms with E-state index in [2.05, 4.69) is 5.32 Å². The van der Waals surface area contributed by atoms with E-state index in [-0.39, 0.29) is 34.2 Å². The molecule has 0 aliphatic rings. The van der Waals surface area contributed by atoms with E-state index < -0.39 is 10.0 Å². The summed E-state index contributed by atoms with van der Waals surface area (Å²) in [5.41, 5.74) is 0. The Balaban J connectivity index is 2.88. The third kappa shape index (κ3) is 5.37. The molecule has 23 heavy (non-hydrogen) atoms. The van der Waals surface area contributed by atoms with Gasteiger partial charge >= 0.3 is 0 Å². The zero-order valence-corrected chi connectivity index (χ0v) is 15.4. The van der Waals surface area contributed by atoms with E-state index in [1.54, 1.807) is 13.8 Å². The van der Waals surface area contributed by atoms with E-state index in [1.165, 1.54) is 22.5 Å². The molecule has 0 aromatic heterocycles. The molecule has 0 bridgehead atoms. The van der Waals surface area contributed by atoms with Gasteiger partial charge in [-0.05, 0) is 32.0 Å². The van der Waals surface area contributed by atoms with Crippen LogP contribution in [0.1, 0.15) is 27.7 Å². The van der Waals surface area contributed by atoms with Crippen LogP contribution >= 0.6 is 11.6 Å². The summed E-state index contributed by atoms with van der Waals surface area (Å²) in [7, 11) is -3.57. The molecule has 0 fully saturated rings. The second kappa shape index (κ2) is 8.52. The van der Waals surface area contributed by atoms with Crippen LogP contribution in [0.2, 0.25) is 5.02 Å². The predicted octanol–water partition coefficient (Wildman–Crippen LogP) is 2.27. The van der Waals surface area contributed by atoms with Crippen LogP contribution in [0, 0.1) is 0 Å². The molecule has 0 radical (unpaired) electrons. The summed E-state index contributed by atoms with van der Waals surface area (Å²) in [6, 6.07) is 4.24. The van der Waals surface area contributed by atoms with E-state index in [1.807, 2.05) is 13.8 Å². The van der Waals surface area contributed by atoms with Crippen LogP contribution in [0.15, 0.2) is 23.1 Å². The summed E-state index contributed by atoms with van der Waals surface area (Å²) in [4.78, 5) is 11.7. The van der Waals surface area contributed by atoms with Crippen LogP contribution in [0.25, 0.3) is 0 Å². The highest BCUT2D eigenvalue weighted by Crippen LogP contribution is 2.28. The molecule has 0 saturated heterocycles. The fourth-order valence-corrected chi connectivity index (χ4v) is 3.76. The maximum atomic E-state index is 12.4. The highest BCUT2D eigenvalue weighted by atomic mass is 35.5. The number of halogens is 1. The van der Waals surface area contributed by atoms with Gasteiger partial charge in [-0.25, -0.2) is 8.42 Å². The first-order valence-electron chi connectivity index (χ1n) is 7.44. The van der Waals surface area contributed by atoms with Crippen LogP contribution in [0.4, 0.5) is 0 Å². The fourth-order valence-electron chi connectivity index (χ4n) is 1.98. The Morgan fingerprint density at radius 2 is 1.91 bits per heavy atom. The Kier molecular flexibility index (Phi) is 7.31. The SMILES string of the molecule is CCN(CC)S(=O)(=O)c1ccc(OCC(=O)NC(C)C)c(Cl)c1. The minimum Gasteiger partial charge on any atom is -0.482 e. The Labute approximate surface area is 142 Å². The molecule has 8 heteroatoms. The molecule has 0 saturated carbocycles. The molecule has 0 unspecified atom stereocenters. The second-order valence-corrected chi connectivity index (χ2v) is 7.54. The number of carbonyl (C=O) groups excluding carboxylic acids is 1. The maximum Gasteiger partial charge on any atom is 0.258 e. The first kappa shape index (κ1) is 19.7. The maximum absolute atomic E-state index is 12.4. The standard InChI is InChI=1S/C15H23ClN2O4S/c1-5-18(6-2)23(20,21)12-7-8-14(13(16)9-12)22-10-15(19)17-11(3)4/h7-9,11H,5-6,10H2,1-4H3,(H,17,19). The molecule has 0 spiro atoms. The lowest BCUT2D eigenvalue weighted by Gasteiger charge is -2.19. The van der Waals surface area contributed by atoms with Crippen molar-refractivity contribution >= 4 is 27.5 Å². The van der Waals surface area contributed by atoms with Crippen molar-refractivity contribution < 1.29 is 17.9 Å². The average Bonchev–Trinajstić information content (AvgIpc) is 2.46. The first-order chi connectivity index (χ1) is 10.7. The molecule has 1 amide bonds. The molecule has 0 atom stereocenters. The number of ether oxygens (including phenoxy) is 1. The van der Waals surface area contributed by atoms with E-state index >= 15 is 0 Å². The van der Waals surface area contributed by atoms with E-state index in [4.69, 9.17) is 16.3 Å². The summed E-state index contributed by atoms with van der Waals surface area (Å²) in [6.07, 6.45) is 0. The molecule has 0 aliphatic heterocycles. The molecule has 0 heterocycles. The average molecular weight is 363 g/mol. The topological polar surface area (TPSA) is 75.7 Å². The van der Waals surface area contributed by atoms with E-state index in [0.717, 1.165) is 0 Å². The van der Waals surface area contributed by atoms with Crippen molar-refractivity contribution in [2.24, 2.45) is 0 Å². The van der Waals surface area contributed by atoms with Gasteiger partial charge in [-0.2, -0.15) is 4.31 Å². The second-order valence-electron chi connectivity index (χ2n) is 5.19. The van der Waals surface area contributed by atoms with Gasteiger partial charge in [0, 0.05) is 19.1 Å². The number of nitrogens with one attached hydrogen (secondary N) is 1. The lowest BCUT2D eigenvalue weighted by Crippen LogP contribution is -2.34. The van der Waals surface area contributed by atoms with Crippen molar-refractivity contribution in [2.45, 2.75) is 38.6 Å². The molecule has 0 aliphatic carbocycles. The molecule has 130 valence electrons. The molecular weight excluding hydrogens is 340 g/mol. The molecule has 1 N–H and O–H groups in total. The normalized spacial score (nSPS) is 11.8. The van der Waals surface area contributed by atoms with Gasteiger partial charge in [-0.15, -0.1) is 0 Å². The zero-order valence-electron chi connectivity index (χ0n) is 13.8. The van der Waals surface area contributed by atoms with Crippen molar-refractivity contribution in [3.8, 4) is 5.75 Å². The smallest absolute Gasteiger partial charge is 0.258 e. The van der Waals surface area contributed by atoms with Crippen molar-refractivity contribution in [3.63, 3.8) is 0 Å². The van der Waals surface area contributed by atoms with Crippen molar-refractivity contribution in [1.29, 1.82) is 0 Å². The van der Waals surface area contributed by atoms with Crippen molar-refractivity contribution in [2.75, 3.05) is 19.7 Å². The summed E-state index contributed by atoms with van der Waals surface area (Å²) < 4.78 is 31.5. The lowest BCUT2D eigenvalue weighted by atomic mass is 10.3. The predicted molar refractivity (Wildman–Crippen MR) is 90.3 cm³/mol. The number of amides is 1. The summed E-state index contributed by atoms with van der Waals surface area (Å²) in [5, 5.41) is 2.84. The van der Waals surface area contributed by atoms with Gasteiger partial charge < -0.3 is 10.1 Å². The minimum atomic E-state index is -3.57. The minimum absolute atomic E-state index is 0.0168.